The summed E-state index contributed by atoms with van der Waals surface area (Å²) in [7, 11) is 1.67. The highest BCUT2D eigenvalue weighted by molar-refractivity contribution is 5.85. The van der Waals surface area contributed by atoms with Crippen LogP contribution in [0.3, 0.4) is 0 Å². The molecule has 0 aromatic heterocycles. The average Bonchev–Trinajstić information content (AvgIpc) is 2.85. The minimum absolute atomic E-state index is 0.0963. The standard InChI is InChI=1S/C23H26N2O2/c1-16-15-21(26)24-23(14-13-17-9-11-18(27-4)12-10-17)22(2,3)19-7-5-6-8-20(19)25(16)23/h5-14,16H,15H2,1-4H3,(H,24,26). The number of fused-ring (bicyclic) bond motifs is 3. The van der Waals surface area contributed by atoms with Crippen molar-refractivity contribution in [3.05, 3.63) is 65.7 Å². The molecule has 1 fully saturated rings. The Kier molecular flexibility index (Phi) is 4.02. The van der Waals surface area contributed by atoms with Gasteiger partial charge in [0, 0.05) is 23.6 Å². The van der Waals surface area contributed by atoms with E-state index in [0.717, 1.165) is 11.3 Å². The normalized spacial score (nSPS) is 25.9. The third kappa shape index (κ3) is 2.54. The van der Waals surface area contributed by atoms with Gasteiger partial charge in [0.2, 0.25) is 5.91 Å². The predicted molar refractivity (Wildman–Crippen MR) is 109 cm³/mol. The molecule has 2 heterocycles. The average molecular weight is 362 g/mol. The first kappa shape index (κ1) is 17.7. The van der Waals surface area contributed by atoms with Crippen molar-refractivity contribution in [2.24, 2.45) is 0 Å². The van der Waals surface area contributed by atoms with Crippen molar-refractivity contribution in [2.75, 3.05) is 12.0 Å². The Morgan fingerprint density at radius 1 is 1.15 bits per heavy atom. The molecule has 1 N–H and O–H groups in total. The first-order valence-corrected chi connectivity index (χ1v) is 9.42. The van der Waals surface area contributed by atoms with Gasteiger partial charge in [0.25, 0.3) is 0 Å². The van der Waals surface area contributed by atoms with E-state index in [1.165, 1.54) is 11.3 Å². The van der Waals surface area contributed by atoms with E-state index < -0.39 is 5.66 Å². The first-order chi connectivity index (χ1) is 12.9. The molecule has 2 aliphatic heterocycles. The number of hydrogen-bond donors (Lipinski definition) is 1. The second-order valence-corrected chi connectivity index (χ2v) is 7.99. The SMILES string of the molecule is COc1ccc(C=CC23NC(=O)CC(C)N2c2ccccc2C3(C)C)cc1. The number of para-hydroxylation sites is 1. The summed E-state index contributed by atoms with van der Waals surface area (Å²) in [5.41, 5.74) is 2.68. The molecule has 2 unspecified atom stereocenters. The number of anilines is 1. The van der Waals surface area contributed by atoms with Crippen LogP contribution in [0, 0.1) is 0 Å². The van der Waals surface area contributed by atoms with E-state index in [-0.39, 0.29) is 17.4 Å². The van der Waals surface area contributed by atoms with Crippen LogP contribution in [0.1, 0.15) is 38.3 Å². The topological polar surface area (TPSA) is 41.6 Å². The maximum Gasteiger partial charge on any atom is 0.224 e. The van der Waals surface area contributed by atoms with Gasteiger partial charge in [-0.05, 0) is 42.3 Å². The van der Waals surface area contributed by atoms with Crippen LogP contribution in [-0.4, -0.2) is 24.7 Å². The molecule has 0 aliphatic carbocycles. The molecule has 0 spiro atoms. The Bertz CT molecular complexity index is 901. The van der Waals surface area contributed by atoms with Gasteiger partial charge >= 0.3 is 0 Å². The quantitative estimate of drug-likeness (QED) is 0.893. The Morgan fingerprint density at radius 3 is 2.56 bits per heavy atom. The van der Waals surface area contributed by atoms with Crippen molar-refractivity contribution in [1.82, 2.24) is 5.32 Å². The Hall–Kier alpha value is -2.75. The Labute approximate surface area is 160 Å². The second-order valence-electron chi connectivity index (χ2n) is 7.99. The number of nitrogens with one attached hydrogen (secondary N) is 1. The summed E-state index contributed by atoms with van der Waals surface area (Å²) in [6.45, 7) is 6.55. The molecule has 27 heavy (non-hydrogen) atoms. The summed E-state index contributed by atoms with van der Waals surface area (Å²) < 4.78 is 5.25. The number of benzene rings is 2. The summed E-state index contributed by atoms with van der Waals surface area (Å²) in [5, 5.41) is 3.33. The molecule has 140 valence electrons. The lowest BCUT2D eigenvalue weighted by Crippen LogP contribution is -2.71. The van der Waals surface area contributed by atoms with Crippen LogP contribution in [0.2, 0.25) is 0 Å². The minimum Gasteiger partial charge on any atom is -0.497 e. The smallest absolute Gasteiger partial charge is 0.224 e. The molecule has 1 amide bonds. The summed E-state index contributed by atoms with van der Waals surface area (Å²) in [5.74, 6) is 0.930. The third-order valence-corrected chi connectivity index (χ3v) is 6.05. The van der Waals surface area contributed by atoms with Crippen molar-refractivity contribution in [1.29, 1.82) is 0 Å². The molecule has 4 rings (SSSR count). The van der Waals surface area contributed by atoms with Gasteiger partial charge in [-0.3, -0.25) is 4.79 Å². The summed E-state index contributed by atoms with van der Waals surface area (Å²) in [6, 6.07) is 16.6. The molecule has 1 saturated heterocycles. The van der Waals surface area contributed by atoms with Gasteiger partial charge < -0.3 is 15.0 Å². The third-order valence-electron chi connectivity index (χ3n) is 6.05. The summed E-state index contributed by atoms with van der Waals surface area (Å²) in [4.78, 5) is 14.9. The van der Waals surface area contributed by atoms with Crippen molar-refractivity contribution in [3.8, 4) is 5.75 Å². The van der Waals surface area contributed by atoms with Crippen molar-refractivity contribution in [2.45, 2.75) is 44.3 Å². The van der Waals surface area contributed by atoms with Crippen LogP contribution in [0.4, 0.5) is 5.69 Å². The highest BCUT2D eigenvalue weighted by atomic mass is 16.5. The van der Waals surface area contributed by atoms with Crippen molar-refractivity contribution in [3.63, 3.8) is 0 Å². The van der Waals surface area contributed by atoms with Crippen LogP contribution in [0.5, 0.6) is 5.75 Å². The maximum absolute atomic E-state index is 12.6. The number of methoxy groups -OCH3 is 1. The van der Waals surface area contributed by atoms with E-state index in [1.807, 2.05) is 24.3 Å². The molecule has 4 nitrogen and oxygen atoms in total. The molecule has 2 aromatic rings. The molecule has 2 atom stereocenters. The Balaban J connectivity index is 1.83. The Morgan fingerprint density at radius 2 is 1.85 bits per heavy atom. The maximum atomic E-state index is 12.6. The van der Waals surface area contributed by atoms with E-state index in [1.54, 1.807) is 7.11 Å². The molecule has 0 saturated carbocycles. The van der Waals surface area contributed by atoms with Gasteiger partial charge in [-0.2, -0.15) is 0 Å². The van der Waals surface area contributed by atoms with E-state index in [4.69, 9.17) is 4.74 Å². The molecule has 2 aromatic carbocycles. The van der Waals surface area contributed by atoms with Gasteiger partial charge in [0.15, 0.2) is 0 Å². The first-order valence-electron chi connectivity index (χ1n) is 9.42. The number of carbonyl (C=O) groups is 1. The minimum atomic E-state index is -0.592. The zero-order valence-corrected chi connectivity index (χ0v) is 16.3. The van der Waals surface area contributed by atoms with E-state index in [9.17, 15) is 4.79 Å². The lowest BCUT2D eigenvalue weighted by atomic mass is 9.74. The van der Waals surface area contributed by atoms with E-state index in [2.05, 4.69) is 67.4 Å². The number of carbonyl (C=O) groups excluding carboxylic acids is 1. The second kappa shape index (κ2) is 6.15. The lowest BCUT2D eigenvalue weighted by molar-refractivity contribution is -0.125. The lowest BCUT2D eigenvalue weighted by Gasteiger charge is -2.51. The zero-order chi connectivity index (χ0) is 19.2. The van der Waals surface area contributed by atoms with E-state index in [0.29, 0.717) is 6.42 Å². The van der Waals surface area contributed by atoms with Crippen LogP contribution in [0.25, 0.3) is 6.08 Å². The van der Waals surface area contributed by atoms with Gasteiger partial charge in [-0.1, -0.05) is 50.3 Å². The number of ether oxygens (including phenoxy) is 1. The van der Waals surface area contributed by atoms with E-state index >= 15 is 0 Å². The van der Waals surface area contributed by atoms with Gasteiger partial charge in [-0.25, -0.2) is 0 Å². The molecule has 4 heteroatoms. The number of amides is 1. The van der Waals surface area contributed by atoms with Gasteiger partial charge in [0.05, 0.1) is 7.11 Å². The zero-order valence-electron chi connectivity index (χ0n) is 16.3. The van der Waals surface area contributed by atoms with Crippen LogP contribution in [-0.2, 0) is 10.2 Å². The predicted octanol–water partition coefficient (Wildman–Crippen LogP) is 4.11. The number of nitrogens with zero attached hydrogens (tertiary/aromatic N) is 1. The fourth-order valence-electron chi connectivity index (χ4n) is 4.60. The molecule has 0 radical (unpaired) electrons. The highest BCUT2D eigenvalue weighted by Gasteiger charge is 2.59. The molecule has 0 bridgehead atoms. The largest absolute Gasteiger partial charge is 0.497 e. The number of rotatable bonds is 3. The monoisotopic (exact) mass is 362 g/mol. The molecule has 2 aliphatic rings. The van der Waals surface area contributed by atoms with Crippen molar-refractivity contribution >= 4 is 17.7 Å². The fraction of sp³-hybridized carbons (Fsp3) is 0.348. The fourth-order valence-corrected chi connectivity index (χ4v) is 4.60. The van der Waals surface area contributed by atoms with Crippen LogP contribution >= 0.6 is 0 Å². The van der Waals surface area contributed by atoms with Gasteiger partial charge in [0.1, 0.15) is 11.4 Å². The number of hydrogen-bond acceptors (Lipinski definition) is 3. The summed E-state index contributed by atoms with van der Waals surface area (Å²) >= 11 is 0. The van der Waals surface area contributed by atoms with Crippen molar-refractivity contribution < 1.29 is 9.53 Å². The summed E-state index contributed by atoms with van der Waals surface area (Å²) in [6.07, 6.45) is 4.75. The van der Waals surface area contributed by atoms with Crippen LogP contribution < -0.4 is 15.0 Å². The van der Waals surface area contributed by atoms with Crippen LogP contribution in [0.15, 0.2) is 54.6 Å². The van der Waals surface area contributed by atoms with Gasteiger partial charge in [-0.15, -0.1) is 0 Å². The molecular weight excluding hydrogens is 336 g/mol. The highest BCUT2D eigenvalue weighted by Crippen LogP contribution is 2.53. The molecular formula is C23H26N2O2.